The van der Waals surface area contributed by atoms with E-state index in [1.807, 2.05) is 36.4 Å². The molecule has 36 heavy (non-hydrogen) atoms. The largest absolute Gasteiger partial charge is 0.480 e. The molecule has 0 saturated carbocycles. The van der Waals surface area contributed by atoms with Gasteiger partial charge in [-0.25, -0.2) is 14.4 Å². The smallest absolute Gasteiger partial charge is 0.408 e. The van der Waals surface area contributed by atoms with Crippen molar-refractivity contribution in [2.24, 2.45) is 0 Å². The maximum Gasteiger partial charge on any atom is 0.408 e. The third-order valence-corrected chi connectivity index (χ3v) is 5.02. The standard InChI is InChI=1S/C25H31N3O8/c29-15-21(23(31)32)27-22(30)20(28-25(34)36-17-19-11-5-2-6-12-19)13-7-8-14-26-24(33)35-16-18-9-3-1-4-10-18/h1-6,9-12,20-21,29H,7-8,13-17H2,(H,26,33)(H,27,30)(H,28,34)(H,31,32)/t20?,21-/m0/s1. The lowest BCUT2D eigenvalue weighted by atomic mass is 10.1. The summed E-state index contributed by atoms with van der Waals surface area (Å²) in [7, 11) is 0. The number of ether oxygens (including phenoxy) is 2. The van der Waals surface area contributed by atoms with Gasteiger partial charge in [0.05, 0.1) is 6.61 Å². The number of hydrogen-bond donors (Lipinski definition) is 5. The molecule has 0 radical (unpaired) electrons. The van der Waals surface area contributed by atoms with Gasteiger partial charge in [0.2, 0.25) is 5.91 Å². The molecule has 2 aromatic carbocycles. The first-order chi connectivity index (χ1) is 17.4. The molecule has 0 spiro atoms. The number of rotatable bonds is 14. The summed E-state index contributed by atoms with van der Waals surface area (Å²) in [4.78, 5) is 47.8. The number of alkyl carbamates (subject to hydrolysis) is 2. The fourth-order valence-corrected chi connectivity index (χ4v) is 3.07. The Morgan fingerprint density at radius 1 is 0.750 bits per heavy atom. The number of carbonyl (C=O) groups is 4. The average Bonchev–Trinajstić information content (AvgIpc) is 2.89. The predicted octanol–water partition coefficient (Wildman–Crippen LogP) is 1.94. The Morgan fingerprint density at radius 2 is 1.31 bits per heavy atom. The lowest BCUT2D eigenvalue weighted by Gasteiger charge is -2.20. The molecule has 5 N–H and O–H groups in total. The summed E-state index contributed by atoms with van der Waals surface area (Å²) in [5.41, 5.74) is 1.61. The third-order valence-electron chi connectivity index (χ3n) is 5.02. The minimum atomic E-state index is -1.51. The number of benzene rings is 2. The number of unbranched alkanes of at least 4 members (excludes halogenated alkanes) is 1. The van der Waals surface area contributed by atoms with Crippen LogP contribution in [-0.4, -0.2) is 59.5 Å². The van der Waals surface area contributed by atoms with E-state index in [9.17, 15) is 24.3 Å². The molecular weight excluding hydrogens is 470 g/mol. The Hall–Kier alpha value is -4.12. The van der Waals surface area contributed by atoms with Crippen LogP contribution in [0.3, 0.4) is 0 Å². The Kier molecular flexibility index (Phi) is 12.3. The molecule has 2 rings (SSSR count). The van der Waals surface area contributed by atoms with Crippen molar-refractivity contribution in [3.05, 3.63) is 71.8 Å². The first-order valence-electron chi connectivity index (χ1n) is 11.4. The summed E-state index contributed by atoms with van der Waals surface area (Å²) in [5, 5.41) is 25.5. The summed E-state index contributed by atoms with van der Waals surface area (Å²) >= 11 is 0. The molecule has 11 nitrogen and oxygen atoms in total. The second-order valence-electron chi connectivity index (χ2n) is 7.82. The van der Waals surface area contributed by atoms with E-state index >= 15 is 0 Å². The van der Waals surface area contributed by atoms with Crippen LogP contribution in [0.2, 0.25) is 0 Å². The number of nitrogens with one attached hydrogen (secondary N) is 3. The molecule has 0 aliphatic heterocycles. The number of amides is 3. The van der Waals surface area contributed by atoms with Gasteiger partial charge in [-0.2, -0.15) is 0 Å². The van der Waals surface area contributed by atoms with Crippen LogP contribution < -0.4 is 16.0 Å². The minimum absolute atomic E-state index is 0.00951. The maximum absolute atomic E-state index is 12.6. The van der Waals surface area contributed by atoms with Gasteiger partial charge in [-0.05, 0) is 30.4 Å². The Bertz CT molecular complexity index is 972. The van der Waals surface area contributed by atoms with Gasteiger partial charge in [0.15, 0.2) is 0 Å². The van der Waals surface area contributed by atoms with E-state index in [-0.39, 0.29) is 26.2 Å². The Balaban J connectivity index is 1.79. The second kappa shape index (κ2) is 15.7. The van der Waals surface area contributed by atoms with Gasteiger partial charge in [-0.15, -0.1) is 0 Å². The van der Waals surface area contributed by atoms with Gasteiger partial charge < -0.3 is 35.6 Å². The van der Waals surface area contributed by atoms with E-state index in [2.05, 4.69) is 16.0 Å². The summed E-state index contributed by atoms with van der Waals surface area (Å²) in [6.07, 6.45) is -0.411. The highest BCUT2D eigenvalue weighted by Gasteiger charge is 2.26. The molecule has 0 aliphatic carbocycles. The zero-order valence-corrected chi connectivity index (χ0v) is 19.7. The summed E-state index contributed by atoms with van der Waals surface area (Å²) in [6, 6.07) is 15.5. The zero-order valence-electron chi connectivity index (χ0n) is 19.7. The topological polar surface area (TPSA) is 163 Å². The molecule has 0 heterocycles. The summed E-state index contributed by atoms with van der Waals surface area (Å²) in [5.74, 6) is -2.18. The van der Waals surface area contributed by atoms with Crippen molar-refractivity contribution in [3.63, 3.8) is 0 Å². The van der Waals surface area contributed by atoms with E-state index in [0.29, 0.717) is 12.8 Å². The van der Waals surface area contributed by atoms with Gasteiger partial charge in [0.1, 0.15) is 25.3 Å². The first-order valence-corrected chi connectivity index (χ1v) is 11.4. The van der Waals surface area contributed by atoms with Crippen molar-refractivity contribution in [1.29, 1.82) is 0 Å². The molecule has 194 valence electrons. The number of carboxylic acids is 1. The van der Waals surface area contributed by atoms with Crippen molar-refractivity contribution in [2.45, 2.75) is 44.6 Å². The Morgan fingerprint density at radius 3 is 1.83 bits per heavy atom. The third kappa shape index (κ3) is 10.9. The monoisotopic (exact) mass is 501 g/mol. The van der Waals surface area contributed by atoms with Crippen LogP contribution in [0.5, 0.6) is 0 Å². The van der Waals surface area contributed by atoms with Crippen molar-refractivity contribution < 1.29 is 38.9 Å². The second-order valence-corrected chi connectivity index (χ2v) is 7.82. The highest BCUT2D eigenvalue weighted by molar-refractivity contribution is 5.89. The number of carbonyl (C=O) groups excluding carboxylic acids is 3. The van der Waals surface area contributed by atoms with Gasteiger partial charge in [0, 0.05) is 6.54 Å². The van der Waals surface area contributed by atoms with Crippen LogP contribution in [0.25, 0.3) is 0 Å². The predicted molar refractivity (Wildman–Crippen MR) is 129 cm³/mol. The van der Waals surface area contributed by atoms with Gasteiger partial charge in [-0.1, -0.05) is 60.7 Å². The number of aliphatic carboxylic acids is 1. The molecule has 0 bridgehead atoms. The zero-order chi connectivity index (χ0) is 26.2. The van der Waals surface area contributed by atoms with Crippen molar-refractivity contribution in [1.82, 2.24) is 16.0 Å². The van der Waals surface area contributed by atoms with Crippen molar-refractivity contribution in [3.8, 4) is 0 Å². The van der Waals surface area contributed by atoms with Crippen molar-refractivity contribution in [2.75, 3.05) is 13.2 Å². The quantitative estimate of drug-likeness (QED) is 0.245. The normalized spacial score (nSPS) is 12.0. The average molecular weight is 502 g/mol. The highest BCUT2D eigenvalue weighted by atomic mass is 16.6. The fourth-order valence-electron chi connectivity index (χ4n) is 3.07. The minimum Gasteiger partial charge on any atom is -0.480 e. The Labute approximate surface area is 208 Å². The van der Waals surface area contributed by atoms with Crippen LogP contribution in [0, 0.1) is 0 Å². The molecule has 0 aromatic heterocycles. The summed E-state index contributed by atoms with van der Waals surface area (Å²) < 4.78 is 10.3. The molecule has 0 fully saturated rings. The molecule has 1 unspecified atom stereocenters. The fraction of sp³-hybridized carbons (Fsp3) is 0.360. The van der Waals surface area contributed by atoms with Crippen LogP contribution in [0.15, 0.2) is 60.7 Å². The van der Waals surface area contributed by atoms with E-state index in [4.69, 9.17) is 14.6 Å². The lowest BCUT2D eigenvalue weighted by Crippen LogP contribution is -2.52. The SMILES string of the molecule is O=C(NCCCCC(NC(=O)OCc1ccccc1)C(=O)N[C@@H](CO)C(=O)O)OCc1ccccc1. The first kappa shape index (κ1) is 28.1. The number of aliphatic hydroxyl groups is 1. The van der Waals surface area contributed by atoms with E-state index in [1.165, 1.54) is 0 Å². The van der Waals surface area contributed by atoms with Crippen molar-refractivity contribution >= 4 is 24.1 Å². The molecular formula is C25H31N3O8. The number of hydrogen-bond acceptors (Lipinski definition) is 7. The maximum atomic E-state index is 12.6. The number of carboxylic acid groups (broad SMARTS) is 1. The lowest BCUT2D eigenvalue weighted by molar-refractivity contribution is -0.143. The molecule has 3 amide bonds. The number of aliphatic hydroxyl groups excluding tert-OH is 1. The van der Waals surface area contributed by atoms with Crippen LogP contribution in [0.4, 0.5) is 9.59 Å². The van der Waals surface area contributed by atoms with E-state index in [0.717, 1.165) is 11.1 Å². The molecule has 0 aliphatic rings. The van der Waals surface area contributed by atoms with Crippen LogP contribution in [-0.2, 0) is 32.3 Å². The summed E-state index contributed by atoms with van der Waals surface area (Å²) in [6.45, 7) is -0.403. The van der Waals surface area contributed by atoms with Gasteiger partial charge in [0.25, 0.3) is 0 Å². The van der Waals surface area contributed by atoms with E-state index < -0.39 is 42.8 Å². The highest BCUT2D eigenvalue weighted by Crippen LogP contribution is 2.05. The molecule has 2 atom stereocenters. The molecule has 0 saturated heterocycles. The van der Waals surface area contributed by atoms with Gasteiger partial charge in [-0.3, -0.25) is 4.79 Å². The van der Waals surface area contributed by atoms with Crippen LogP contribution in [0.1, 0.15) is 30.4 Å². The molecule has 2 aromatic rings. The molecule has 11 heteroatoms. The van der Waals surface area contributed by atoms with Crippen LogP contribution >= 0.6 is 0 Å². The van der Waals surface area contributed by atoms with Gasteiger partial charge >= 0.3 is 18.2 Å². The van der Waals surface area contributed by atoms with E-state index in [1.54, 1.807) is 24.3 Å².